The Kier molecular flexibility index (Phi) is 3.83. The highest BCUT2D eigenvalue weighted by Gasteiger charge is 2.16. The summed E-state index contributed by atoms with van der Waals surface area (Å²) in [5, 5.41) is 0. The van der Waals surface area contributed by atoms with Crippen LogP contribution >= 0.6 is 0 Å². The molecule has 0 aromatic heterocycles. The number of hydrogen-bond donors (Lipinski definition) is 0. The van der Waals surface area contributed by atoms with Crippen molar-refractivity contribution in [1.82, 2.24) is 0 Å². The van der Waals surface area contributed by atoms with Crippen molar-refractivity contribution >= 4 is 0 Å². The molecule has 1 fully saturated rings. The summed E-state index contributed by atoms with van der Waals surface area (Å²) in [6, 6.07) is 8.47. The van der Waals surface area contributed by atoms with Crippen LogP contribution in [-0.2, 0) is 4.74 Å². The van der Waals surface area contributed by atoms with Crippen LogP contribution in [0.25, 0.3) is 0 Å². The van der Waals surface area contributed by atoms with Gasteiger partial charge in [0.2, 0.25) is 0 Å². The van der Waals surface area contributed by atoms with Gasteiger partial charge in [-0.05, 0) is 30.0 Å². The Hall–Kier alpha value is -1.02. The molecule has 0 aliphatic carbocycles. The predicted octanol–water partition coefficient (Wildman–Crippen LogP) is 3.37. The summed E-state index contributed by atoms with van der Waals surface area (Å²) < 4.78 is 11.1. The van der Waals surface area contributed by atoms with Crippen LogP contribution in [0.2, 0.25) is 0 Å². The molecule has 0 spiro atoms. The van der Waals surface area contributed by atoms with Gasteiger partial charge in [0.05, 0.1) is 13.2 Å². The summed E-state index contributed by atoms with van der Waals surface area (Å²) in [5.41, 5.74) is 1.39. The van der Waals surface area contributed by atoms with Gasteiger partial charge in [-0.15, -0.1) is 0 Å². The predicted molar refractivity (Wildman–Crippen MR) is 65.0 cm³/mol. The van der Waals surface area contributed by atoms with Crippen molar-refractivity contribution in [3.05, 3.63) is 29.8 Å². The molecule has 2 rings (SSSR count). The zero-order valence-corrected chi connectivity index (χ0v) is 10.1. The van der Waals surface area contributed by atoms with Crippen molar-refractivity contribution in [3.63, 3.8) is 0 Å². The van der Waals surface area contributed by atoms with Gasteiger partial charge >= 0.3 is 0 Å². The molecule has 1 aromatic carbocycles. The van der Waals surface area contributed by atoms with E-state index in [2.05, 4.69) is 38.1 Å². The lowest BCUT2D eigenvalue weighted by atomic mass is 9.99. The third kappa shape index (κ3) is 2.76. The molecule has 2 nitrogen and oxygen atoms in total. The highest BCUT2D eigenvalue weighted by molar-refractivity contribution is 5.29. The third-order valence-corrected chi connectivity index (χ3v) is 3.25. The minimum absolute atomic E-state index is 0.245. The zero-order chi connectivity index (χ0) is 11.4. The molecule has 2 unspecified atom stereocenters. The average molecular weight is 220 g/mol. The SMILES string of the molecule is CCC(C)c1ccc(OC2CCOC2)cc1. The van der Waals surface area contributed by atoms with Crippen LogP contribution in [0.4, 0.5) is 0 Å². The van der Waals surface area contributed by atoms with Gasteiger partial charge in [-0.25, -0.2) is 0 Å². The molecular weight excluding hydrogens is 200 g/mol. The van der Waals surface area contributed by atoms with Crippen molar-refractivity contribution < 1.29 is 9.47 Å². The van der Waals surface area contributed by atoms with Crippen molar-refractivity contribution in [1.29, 1.82) is 0 Å². The minimum atomic E-state index is 0.245. The summed E-state index contributed by atoms with van der Waals surface area (Å²) >= 11 is 0. The first-order valence-corrected chi connectivity index (χ1v) is 6.14. The van der Waals surface area contributed by atoms with Crippen molar-refractivity contribution in [3.8, 4) is 5.75 Å². The van der Waals surface area contributed by atoms with Gasteiger partial charge < -0.3 is 9.47 Å². The van der Waals surface area contributed by atoms with Crippen LogP contribution in [0.3, 0.4) is 0 Å². The Bertz CT molecular complexity index is 312. The Morgan fingerprint density at radius 3 is 2.69 bits per heavy atom. The zero-order valence-electron chi connectivity index (χ0n) is 10.1. The fourth-order valence-corrected chi connectivity index (χ4v) is 1.91. The van der Waals surface area contributed by atoms with Crippen LogP contribution in [-0.4, -0.2) is 19.3 Å². The maximum absolute atomic E-state index is 5.82. The maximum Gasteiger partial charge on any atom is 0.124 e. The summed E-state index contributed by atoms with van der Waals surface area (Å²) in [4.78, 5) is 0. The molecule has 1 heterocycles. The lowest BCUT2D eigenvalue weighted by molar-refractivity contribution is 0.141. The van der Waals surface area contributed by atoms with E-state index in [-0.39, 0.29) is 6.10 Å². The Labute approximate surface area is 97.6 Å². The molecule has 16 heavy (non-hydrogen) atoms. The topological polar surface area (TPSA) is 18.5 Å². The van der Waals surface area contributed by atoms with Crippen LogP contribution in [0, 0.1) is 0 Å². The van der Waals surface area contributed by atoms with Crippen LogP contribution < -0.4 is 4.74 Å². The van der Waals surface area contributed by atoms with Crippen molar-refractivity contribution in [2.75, 3.05) is 13.2 Å². The normalized spacial score (nSPS) is 22.0. The van der Waals surface area contributed by atoms with Gasteiger partial charge in [0.15, 0.2) is 0 Å². The minimum Gasteiger partial charge on any atom is -0.488 e. The molecular formula is C14H20O2. The smallest absolute Gasteiger partial charge is 0.124 e. The molecule has 1 aliphatic heterocycles. The van der Waals surface area contributed by atoms with E-state index in [1.165, 1.54) is 12.0 Å². The molecule has 1 aliphatic rings. The van der Waals surface area contributed by atoms with Gasteiger partial charge in [0.1, 0.15) is 11.9 Å². The highest BCUT2D eigenvalue weighted by Crippen LogP contribution is 2.23. The molecule has 1 aromatic rings. The lowest BCUT2D eigenvalue weighted by Crippen LogP contribution is -2.15. The fourth-order valence-electron chi connectivity index (χ4n) is 1.91. The van der Waals surface area contributed by atoms with E-state index in [1.807, 2.05) is 0 Å². The van der Waals surface area contributed by atoms with E-state index in [9.17, 15) is 0 Å². The van der Waals surface area contributed by atoms with Crippen molar-refractivity contribution in [2.24, 2.45) is 0 Å². The molecule has 0 amide bonds. The Morgan fingerprint density at radius 1 is 1.38 bits per heavy atom. The quantitative estimate of drug-likeness (QED) is 0.774. The van der Waals surface area contributed by atoms with E-state index in [1.54, 1.807) is 0 Å². The first-order valence-electron chi connectivity index (χ1n) is 6.14. The second-order valence-electron chi connectivity index (χ2n) is 4.48. The largest absolute Gasteiger partial charge is 0.488 e. The van der Waals surface area contributed by atoms with E-state index < -0.39 is 0 Å². The second kappa shape index (κ2) is 5.35. The molecule has 88 valence electrons. The van der Waals surface area contributed by atoms with Crippen LogP contribution in [0.1, 0.15) is 38.2 Å². The van der Waals surface area contributed by atoms with Crippen LogP contribution in [0.5, 0.6) is 5.75 Å². The standard InChI is InChI=1S/C14H20O2/c1-3-11(2)12-4-6-13(7-5-12)16-14-8-9-15-10-14/h4-7,11,14H,3,8-10H2,1-2H3. The molecule has 2 atom stereocenters. The van der Waals surface area contributed by atoms with Gasteiger partial charge in [0.25, 0.3) is 0 Å². The number of rotatable bonds is 4. The first-order chi connectivity index (χ1) is 7.79. The van der Waals surface area contributed by atoms with Crippen molar-refractivity contribution in [2.45, 2.75) is 38.7 Å². The molecule has 0 radical (unpaired) electrons. The van der Waals surface area contributed by atoms with E-state index >= 15 is 0 Å². The summed E-state index contributed by atoms with van der Waals surface area (Å²) in [7, 11) is 0. The molecule has 0 saturated carbocycles. The monoisotopic (exact) mass is 220 g/mol. The third-order valence-electron chi connectivity index (χ3n) is 3.25. The summed E-state index contributed by atoms with van der Waals surface area (Å²) in [5.74, 6) is 1.59. The summed E-state index contributed by atoms with van der Waals surface area (Å²) in [6.45, 7) is 6.02. The average Bonchev–Trinajstić information content (AvgIpc) is 2.82. The van der Waals surface area contributed by atoms with Gasteiger partial charge in [0, 0.05) is 6.42 Å². The molecule has 0 N–H and O–H groups in total. The number of hydrogen-bond acceptors (Lipinski definition) is 2. The van der Waals surface area contributed by atoms with Crippen LogP contribution in [0.15, 0.2) is 24.3 Å². The van der Waals surface area contributed by atoms with Gasteiger partial charge in [-0.3, -0.25) is 0 Å². The van der Waals surface area contributed by atoms with E-state index in [0.29, 0.717) is 5.92 Å². The second-order valence-corrected chi connectivity index (χ2v) is 4.48. The number of benzene rings is 1. The fraction of sp³-hybridized carbons (Fsp3) is 0.571. The molecule has 1 saturated heterocycles. The summed E-state index contributed by atoms with van der Waals surface area (Å²) in [6.07, 6.45) is 2.43. The van der Waals surface area contributed by atoms with Gasteiger partial charge in [-0.1, -0.05) is 26.0 Å². The highest BCUT2D eigenvalue weighted by atomic mass is 16.5. The van der Waals surface area contributed by atoms with E-state index in [0.717, 1.165) is 25.4 Å². The number of ether oxygens (including phenoxy) is 2. The molecule has 0 bridgehead atoms. The van der Waals surface area contributed by atoms with Gasteiger partial charge in [-0.2, -0.15) is 0 Å². The van der Waals surface area contributed by atoms with E-state index in [4.69, 9.17) is 9.47 Å². The molecule has 2 heteroatoms. The maximum atomic E-state index is 5.82. The lowest BCUT2D eigenvalue weighted by Gasteiger charge is -2.13. The first kappa shape index (κ1) is 11.5. The Balaban J connectivity index is 1.96. The Morgan fingerprint density at radius 2 is 2.12 bits per heavy atom.